The van der Waals surface area contributed by atoms with Gasteiger partial charge in [0.1, 0.15) is 6.04 Å². The maximum atomic E-state index is 12.9. The predicted octanol–water partition coefficient (Wildman–Crippen LogP) is 0.332. The fourth-order valence-electron chi connectivity index (χ4n) is 4.87. The van der Waals surface area contributed by atoms with E-state index in [4.69, 9.17) is 9.47 Å². The van der Waals surface area contributed by atoms with Gasteiger partial charge in [0.25, 0.3) is 0 Å². The molecule has 0 spiro atoms. The second kappa shape index (κ2) is 24.3. The summed E-state index contributed by atoms with van der Waals surface area (Å²) >= 11 is 0. The van der Waals surface area contributed by atoms with E-state index in [2.05, 4.69) is 26.6 Å². The second-order valence-electron chi connectivity index (χ2n) is 11.9. The zero-order valence-corrected chi connectivity index (χ0v) is 29.7. The van der Waals surface area contributed by atoms with Gasteiger partial charge in [0.15, 0.2) is 0 Å². The molecular weight excluding hydrogens is 660 g/mol. The third-order valence-corrected chi connectivity index (χ3v) is 7.52. The van der Waals surface area contributed by atoms with Crippen molar-refractivity contribution in [2.24, 2.45) is 5.92 Å². The molecule has 0 saturated carbocycles. The second-order valence-corrected chi connectivity index (χ2v) is 11.9. The van der Waals surface area contributed by atoms with Crippen molar-refractivity contribution in [1.29, 1.82) is 0 Å². The van der Waals surface area contributed by atoms with E-state index in [1.807, 2.05) is 59.5 Å². The van der Waals surface area contributed by atoms with Gasteiger partial charge >= 0.3 is 5.97 Å². The van der Waals surface area contributed by atoms with Crippen LogP contribution in [-0.4, -0.2) is 124 Å². The van der Waals surface area contributed by atoms with Crippen LogP contribution >= 0.6 is 0 Å². The van der Waals surface area contributed by atoms with Crippen LogP contribution in [0.15, 0.2) is 54.6 Å². The Morgan fingerprint density at radius 1 is 0.686 bits per heavy atom. The topological polar surface area (TPSA) is 204 Å². The van der Waals surface area contributed by atoms with Crippen LogP contribution in [0.25, 0.3) is 11.1 Å². The first-order chi connectivity index (χ1) is 24.4. The lowest BCUT2D eigenvalue weighted by atomic mass is 9.97. The summed E-state index contributed by atoms with van der Waals surface area (Å²) in [6.45, 7) is 7.52. The first-order valence-electron chi connectivity index (χ1n) is 17.0. The molecule has 280 valence electrons. The number of benzene rings is 2. The summed E-state index contributed by atoms with van der Waals surface area (Å²) in [4.78, 5) is 73.4. The molecule has 5 amide bonds. The quantitative estimate of drug-likeness (QED) is 0.0779. The Kier molecular flexibility index (Phi) is 20.2. The average molecular weight is 713 g/mol. The largest absolute Gasteiger partial charge is 0.481 e. The van der Waals surface area contributed by atoms with Gasteiger partial charge in [0.05, 0.1) is 39.4 Å². The van der Waals surface area contributed by atoms with E-state index in [-0.39, 0.29) is 63.8 Å². The summed E-state index contributed by atoms with van der Waals surface area (Å²) in [5, 5.41) is 22.6. The van der Waals surface area contributed by atoms with Crippen LogP contribution in [0.2, 0.25) is 0 Å². The van der Waals surface area contributed by atoms with Gasteiger partial charge in [-0.25, -0.2) is 0 Å². The molecule has 0 radical (unpaired) electrons. The van der Waals surface area contributed by atoms with Crippen LogP contribution in [-0.2, 0) is 44.7 Å². The van der Waals surface area contributed by atoms with Crippen molar-refractivity contribution < 1.29 is 43.3 Å². The monoisotopic (exact) mass is 712 g/mol. The zero-order valence-electron chi connectivity index (χ0n) is 29.7. The molecule has 2 atom stereocenters. The molecule has 0 bridgehead atoms. The minimum absolute atomic E-state index is 0.0913. The Morgan fingerprint density at radius 2 is 1.24 bits per heavy atom. The van der Waals surface area contributed by atoms with E-state index in [1.54, 1.807) is 6.92 Å². The number of nitrogens with one attached hydrogen (secondary N) is 5. The van der Waals surface area contributed by atoms with Gasteiger partial charge in [0.2, 0.25) is 29.5 Å². The molecule has 0 aliphatic rings. The van der Waals surface area contributed by atoms with Gasteiger partial charge in [-0.3, -0.25) is 33.7 Å². The molecule has 0 heterocycles. The van der Waals surface area contributed by atoms with Crippen LogP contribution in [0.5, 0.6) is 0 Å². The number of hydrogen-bond donors (Lipinski definition) is 6. The molecule has 2 rings (SSSR count). The van der Waals surface area contributed by atoms with Gasteiger partial charge in [-0.2, -0.15) is 0 Å². The Morgan fingerprint density at radius 3 is 1.78 bits per heavy atom. The number of aliphatic carboxylic acids is 1. The highest BCUT2D eigenvalue weighted by molar-refractivity contribution is 5.91. The first kappa shape index (κ1) is 42.3. The van der Waals surface area contributed by atoms with Crippen molar-refractivity contribution in [2.75, 3.05) is 72.2 Å². The molecule has 0 fully saturated rings. The molecule has 15 nitrogen and oxygen atoms in total. The maximum absolute atomic E-state index is 12.9. The molecule has 6 N–H and O–H groups in total. The van der Waals surface area contributed by atoms with E-state index in [9.17, 15) is 33.9 Å². The highest BCUT2D eigenvalue weighted by Crippen LogP contribution is 2.20. The van der Waals surface area contributed by atoms with Gasteiger partial charge in [-0.15, -0.1) is 0 Å². The molecule has 51 heavy (non-hydrogen) atoms. The minimum atomic E-state index is -1.24. The molecule has 0 aliphatic carbocycles. The van der Waals surface area contributed by atoms with Crippen molar-refractivity contribution >= 4 is 35.5 Å². The number of amides is 5. The number of carbonyl (C=O) groups is 6. The van der Waals surface area contributed by atoms with Crippen LogP contribution in [0.4, 0.5) is 0 Å². The summed E-state index contributed by atoms with van der Waals surface area (Å²) < 4.78 is 10.9. The van der Waals surface area contributed by atoms with Crippen molar-refractivity contribution in [3.05, 3.63) is 60.2 Å². The number of nitrogens with zero attached hydrogens (tertiary/aromatic N) is 1. The minimum Gasteiger partial charge on any atom is -0.481 e. The van der Waals surface area contributed by atoms with E-state index in [0.717, 1.165) is 16.7 Å². The lowest BCUT2D eigenvalue weighted by Crippen LogP contribution is -2.50. The van der Waals surface area contributed by atoms with Crippen LogP contribution in [0.1, 0.15) is 32.8 Å². The molecule has 0 aromatic heterocycles. The van der Waals surface area contributed by atoms with Gasteiger partial charge in [-0.1, -0.05) is 61.5 Å². The zero-order chi connectivity index (χ0) is 37.4. The lowest BCUT2D eigenvalue weighted by Gasteiger charge is -2.22. The number of carboxylic acids is 1. The Labute approximate surface area is 299 Å². The highest BCUT2D eigenvalue weighted by atomic mass is 16.5. The van der Waals surface area contributed by atoms with E-state index >= 15 is 0 Å². The maximum Gasteiger partial charge on any atom is 0.305 e. The molecular formula is C36H52N6O9. The summed E-state index contributed by atoms with van der Waals surface area (Å²) in [5.41, 5.74) is 3.09. The smallest absolute Gasteiger partial charge is 0.305 e. The summed E-state index contributed by atoms with van der Waals surface area (Å²) in [6.07, 6.45) is -0.140. The van der Waals surface area contributed by atoms with Crippen LogP contribution in [0, 0.1) is 5.92 Å². The van der Waals surface area contributed by atoms with E-state index < -0.39 is 36.2 Å². The predicted molar refractivity (Wildman–Crippen MR) is 190 cm³/mol. The van der Waals surface area contributed by atoms with Gasteiger partial charge in [-0.05, 0) is 23.1 Å². The summed E-state index contributed by atoms with van der Waals surface area (Å²) in [5.74, 6) is -3.31. The van der Waals surface area contributed by atoms with Gasteiger partial charge < -0.3 is 41.2 Å². The lowest BCUT2D eigenvalue weighted by molar-refractivity contribution is -0.141. The molecule has 0 unspecified atom stereocenters. The van der Waals surface area contributed by atoms with Crippen LogP contribution in [0.3, 0.4) is 0 Å². The molecule has 15 heteroatoms. The van der Waals surface area contributed by atoms with Crippen molar-refractivity contribution in [3.63, 3.8) is 0 Å². The number of carbonyl (C=O) groups excluding carboxylic acids is 5. The number of rotatable bonds is 25. The molecule has 0 aliphatic heterocycles. The van der Waals surface area contributed by atoms with Gasteiger partial charge in [0, 0.05) is 59.0 Å². The van der Waals surface area contributed by atoms with Crippen molar-refractivity contribution in [1.82, 2.24) is 31.5 Å². The van der Waals surface area contributed by atoms with Crippen molar-refractivity contribution in [2.45, 2.75) is 39.7 Å². The normalized spacial score (nSPS) is 12.0. The Balaban J connectivity index is 1.62. The van der Waals surface area contributed by atoms with Crippen molar-refractivity contribution in [3.8, 4) is 11.1 Å². The molecule has 2 aromatic carbocycles. The highest BCUT2D eigenvalue weighted by Gasteiger charge is 2.26. The summed E-state index contributed by atoms with van der Waals surface area (Å²) in [7, 11) is 0. The van der Waals surface area contributed by atoms with Crippen LogP contribution < -0.4 is 26.6 Å². The number of carboxylic acid groups (broad SMARTS) is 1. The number of hydrogen-bond acceptors (Lipinski definition) is 9. The fraction of sp³-hybridized carbons (Fsp3) is 0.500. The Hall–Kier alpha value is -4.86. The third kappa shape index (κ3) is 19.2. The Bertz CT molecular complexity index is 1370. The first-order valence-corrected chi connectivity index (χ1v) is 17.0. The number of ether oxygens (including phenoxy) is 2. The van der Waals surface area contributed by atoms with E-state index in [1.165, 1.54) is 13.8 Å². The molecule has 0 saturated heterocycles. The SMILES string of the molecule is CC(=O)NCCN(CCNC(C)=O)CC(=O)NCCOCCOCCNC(=O)[C@H](CC(=O)O)NC(=O)[C@@H](C)Cc1ccc(-c2ccccc2)cc1. The molecule has 2 aromatic rings. The third-order valence-electron chi connectivity index (χ3n) is 7.52. The average Bonchev–Trinajstić information content (AvgIpc) is 3.08. The fourth-order valence-corrected chi connectivity index (χ4v) is 4.87. The standard InChI is InChI=1S/C36H52N6O9/c1-26(23-29-9-11-31(12-10-29)30-7-5-4-6-8-30)35(48)41-32(24-34(46)47)36(49)40-16-20-51-22-21-50-19-15-39-33(45)25-42(17-13-37-27(2)43)18-14-38-28(3)44/h4-12,26,32H,13-25H2,1-3H3,(H,37,43)(H,38,44)(H,39,45)(H,40,49)(H,41,48)(H,46,47)/t26-,32-/m0/s1. The summed E-state index contributed by atoms with van der Waals surface area (Å²) in [6, 6.07) is 16.6. The van der Waals surface area contributed by atoms with E-state index in [0.29, 0.717) is 32.6 Å².